The second kappa shape index (κ2) is 5.54. The molecule has 0 unspecified atom stereocenters. The van der Waals surface area contributed by atoms with Crippen LogP contribution in [0.3, 0.4) is 0 Å². The van der Waals surface area contributed by atoms with Crippen molar-refractivity contribution in [2.45, 2.75) is 37.1 Å². The Morgan fingerprint density at radius 2 is 2.05 bits per heavy atom. The number of methoxy groups -OCH3 is 2. The molecule has 5 heteroatoms. The highest BCUT2D eigenvalue weighted by Gasteiger charge is 2.50. The Labute approximate surface area is 130 Å². The van der Waals surface area contributed by atoms with Gasteiger partial charge in [-0.3, -0.25) is 4.79 Å². The van der Waals surface area contributed by atoms with Crippen molar-refractivity contribution in [1.29, 1.82) is 0 Å². The Balaban J connectivity index is 2.09. The topological polar surface area (TPSA) is 38.8 Å². The van der Waals surface area contributed by atoms with E-state index in [0.29, 0.717) is 24.4 Å². The third-order valence-electron chi connectivity index (χ3n) is 5.36. The van der Waals surface area contributed by atoms with E-state index in [2.05, 4.69) is 4.90 Å². The van der Waals surface area contributed by atoms with Crippen LogP contribution >= 0.6 is 0 Å². The van der Waals surface area contributed by atoms with Crippen LogP contribution in [0.15, 0.2) is 12.1 Å². The third kappa shape index (κ3) is 2.19. The summed E-state index contributed by atoms with van der Waals surface area (Å²) < 4.78 is 24.8. The molecule has 0 amide bonds. The van der Waals surface area contributed by atoms with Crippen LogP contribution in [-0.2, 0) is 10.2 Å². The highest BCUT2D eigenvalue weighted by atomic mass is 19.1. The maximum atomic E-state index is 14.4. The fourth-order valence-electron chi connectivity index (χ4n) is 4.13. The number of carbonyl (C=O) groups excluding carboxylic acids is 1. The molecule has 1 aliphatic carbocycles. The van der Waals surface area contributed by atoms with E-state index in [9.17, 15) is 9.18 Å². The lowest BCUT2D eigenvalue weighted by molar-refractivity contribution is -0.122. The quantitative estimate of drug-likeness (QED) is 0.860. The van der Waals surface area contributed by atoms with Crippen LogP contribution in [-0.4, -0.2) is 44.5 Å². The third-order valence-corrected chi connectivity index (χ3v) is 5.36. The minimum Gasteiger partial charge on any atom is -0.493 e. The zero-order valence-electron chi connectivity index (χ0n) is 13.3. The van der Waals surface area contributed by atoms with E-state index in [-0.39, 0.29) is 17.2 Å². The van der Waals surface area contributed by atoms with Crippen LogP contribution in [0.1, 0.15) is 31.2 Å². The lowest BCUT2D eigenvalue weighted by atomic mass is 9.66. The number of likely N-dealkylation sites (tertiary alicyclic amines) is 1. The highest BCUT2D eigenvalue weighted by Crippen LogP contribution is 2.49. The van der Waals surface area contributed by atoms with Crippen molar-refractivity contribution in [2.75, 3.05) is 27.8 Å². The molecule has 0 radical (unpaired) electrons. The minimum absolute atomic E-state index is 0.137. The number of likely N-dealkylation sites (N-methyl/N-ethyl adjacent to an activating group) is 1. The van der Waals surface area contributed by atoms with Gasteiger partial charge in [0, 0.05) is 24.3 Å². The summed E-state index contributed by atoms with van der Waals surface area (Å²) in [5, 5.41) is 0. The molecule has 0 spiro atoms. The first-order chi connectivity index (χ1) is 10.5. The Kier molecular flexibility index (Phi) is 3.85. The molecule has 2 fully saturated rings. The standard InChI is InChI=1S/C17H22FNO3/c1-19-7-6-17(5-4-12(20)10-15(17)19)11-8-13(18)16(22-3)14(9-11)21-2/h8-9,15H,4-7,10H2,1-3H3/t15-,17-/m0/s1. The Morgan fingerprint density at radius 1 is 1.27 bits per heavy atom. The minimum atomic E-state index is -0.406. The summed E-state index contributed by atoms with van der Waals surface area (Å²) in [5.74, 6) is 0.446. The van der Waals surface area contributed by atoms with Crippen LogP contribution in [0.4, 0.5) is 4.39 Å². The molecule has 1 aliphatic heterocycles. The van der Waals surface area contributed by atoms with Crippen LogP contribution in [0.5, 0.6) is 11.5 Å². The van der Waals surface area contributed by atoms with Crippen molar-refractivity contribution in [3.63, 3.8) is 0 Å². The van der Waals surface area contributed by atoms with Gasteiger partial charge in [-0.25, -0.2) is 4.39 Å². The van der Waals surface area contributed by atoms with Gasteiger partial charge >= 0.3 is 0 Å². The molecule has 2 atom stereocenters. The molecular weight excluding hydrogens is 285 g/mol. The van der Waals surface area contributed by atoms with Crippen LogP contribution in [0.2, 0.25) is 0 Å². The normalized spacial score (nSPS) is 28.5. The van der Waals surface area contributed by atoms with E-state index in [4.69, 9.17) is 9.47 Å². The molecule has 2 aliphatic rings. The largest absolute Gasteiger partial charge is 0.493 e. The average Bonchev–Trinajstić information content (AvgIpc) is 2.84. The molecule has 1 aromatic carbocycles. The molecule has 1 aromatic rings. The first-order valence-electron chi connectivity index (χ1n) is 7.66. The summed E-state index contributed by atoms with van der Waals surface area (Å²) in [6.07, 6.45) is 2.83. The second-order valence-electron chi connectivity index (χ2n) is 6.34. The lowest BCUT2D eigenvalue weighted by Gasteiger charge is -2.41. The zero-order chi connectivity index (χ0) is 15.9. The first kappa shape index (κ1) is 15.3. The Hall–Kier alpha value is -1.62. The smallest absolute Gasteiger partial charge is 0.196 e. The average molecular weight is 307 g/mol. The van der Waals surface area contributed by atoms with Gasteiger partial charge in [0.05, 0.1) is 14.2 Å². The van der Waals surface area contributed by atoms with Crippen molar-refractivity contribution in [1.82, 2.24) is 4.90 Å². The maximum Gasteiger partial charge on any atom is 0.196 e. The van der Waals surface area contributed by atoms with Crippen LogP contribution in [0, 0.1) is 5.82 Å². The second-order valence-corrected chi connectivity index (χ2v) is 6.34. The summed E-state index contributed by atoms with van der Waals surface area (Å²) in [6.45, 7) is 0.925. The molecule has 3 rings (SSSR count). The summed E-state index contributed by atoms with van der Waals surface area (Å²) in [7, 11) is 4.99. The first-order valence-corrected chi connectivity index (χ1v) is 7.66. The van der Waals surface area contributed by atoms with Gasteiger partial charge < -0.3 is 14.4 Å². The number of hydrogen-bond acceptors (Lipinski definition) is 4. The van der Waals surface area contributed by atoms with Crippen molar-refractivity contribution in [2.24, 2.45) is 0 Å². The van der Waals surface area contributed by atoms with Crippen molar-refractivity contribution >= 4 is 5.78 Å². The summed E-state index contributed by atoms with van der Waals surface area (Å²) in [5.41, 5.74) is 0.757. The van der Waals surface area contributed by atoms with Gasteiger partial charge in [-0.05, 0) is 44.1 Å². The Bertz CT molecular complexity index is 604. The summed E-state index contributed by atoms with van der Waals surface area (Å²) >= 11 is 0. The van der Waals surface area contributed by atoms with Gasteiger partial charge in [-0.1, -0.05) is 0 Å². The van der Waals surface area contributed by atoms with Crippen LogP contribution < -0.4 is 9.47 Å². The number of fused-ring (bicyclic) bond motifs is 1. The number of rotatable bonds is 3. The van der Waals surface area contributed by atoms with E-state index in [1.165, 1.54) is 14.2 Å². The Morgan fingerprint density at radius 3 is 2.73 bits per heavy atom. The number of ketones is 1. The van der Waals surface area contributed by atoms with Crippen molar-refractivity contribution < 1.29 is 18.7 Å². The molecule has 1 saturated heterocycles. The van der Waals surface area contributed by atoms with Crippen molar-refractivity contribution in [3.8, 4) is 11.5 Å². The highest BCUT2D eigenvalue weighted by molar-refractivity contribution is 5.81. The lowest BCUT2D eigenvalue weighted by Crippen LogP contribution is -2.46. The fourth-order valence-corrected chi connectivity index (χ4v) is 4.13. The van der Waals surface area contributed by atoms with Gasteiger partial charge in [0.2, 0.25) is 0 Å². The van der Waals surface area contributed by atoms with Crippen molar-refractivity contribution in [3.05, 3.63) is 23.5 Å². The van der Waals surface area contributed by atoms with Gasteiger partial charge in [-0.15, -0.1) is 0 Å². The molecule has 1 heterocycles. The van der Waals surface area contributed by atoms with E-state index < -0.39 is 5.82 Å². The zero-order valence-corrected chi connectivity index (χ0v) is 13.3. The van der Waals surface area contributed by atoms with E-state index >= 15 is 0 Å². The summed E-state index contributed by atoms with van der Waals surface area (Å²) in [6, 6.07) is 3.58. The predicted octanol–water partition coefficient (Wildman–Crippen LogP) is 2.54. The number of benzene rings is 1. The molecule has 1 saturated carbocycles. The monoisotopic (exact) mass is 307 g/mol. The molecule has 0 aromatic heterocycles. The maximum absolute atomic E-state index is 14.4. The SMILES string of the molecule is COc1cc([C@@]23CCC(=O)C[C@@H]2N(C)CC3)cc(F)c1OC. The molecule has 120 valence electrons. The van der Waals surface area contributed by atoms with E-state index in [1.54, 1.807) is 6.07 Å². The summed E-state index contributed by atoms with van der Waals surface area (Å²) in [4.78, 5) is 14.1. The molecule has 4 nitrogen and oxygen atoms in total. The van der Waals surface area contributed by atoms with E-state index in [0.717, 1.165) is 24.9 Å². The van der Waals surface area contributed by atoms with E-state index in [1.807, 2.05) is 13.1 Å². The van der Waals surface area contributed by atoms with Gasteiger partial charge in [0.1, 0.15) is 5.78 Å². The van der Waals surface area contributed by atoms with Gasteiger partial charge in [-0.2, -0.15) is 0 Å². The fraction of sp³-hybridized carbons (Fsp3) is 0.588. The number of halogens is 1. The molecule has 22 heavy (non-hydrogen) atoms. The molecule has 0 N–H and O–H groups in total. The number of carbonyl (C=O) groups is 1. The number of hydrogen-bond donors (Lipinski definition) is 0. The number of Topliss-reactive ketones (excluding diaryl/α,β-unsaturated/α-hetero) is 1. The van der Waals surface area contributed by atoms with Crippen LogP contribution in [0.25, 0.3) is 0 Å². The molecular formula is C17H22FNO3. The van der Waals surface area contributed by atoms with Gasteiger partial charge in [0.25, 0.3) is 0 Å². The van der Waals surface area contributed by atoms with Gasteiger partial charge in [0.15, 0.2) is 17.3 Å². The number of ether oxygens (including phenoxy) is 2. The predicted molar refractivity (Wildman–Crippen MR) is 81.1 cm³/mol. The number of nitrogens with zero attached hydrogens (tertiary/aromatic N) is 1. The molecule has 0 bridgehead atoms.